The van der Waals surface area contributed by atoms with Gasteiger partial charge < -0.3 is 20.2 Å². The number of likely N-dealkylation sites (tertiary alicyclic amines) is 1. The van der Waals surface area contributed by atoms with Gasteiger partial charge in [-0.3, -0.25) is 9.59 Å². The molecule has 6 nitrogen and oxygen atoms in total. The first-order chi connectivity index (χ1) is 8.50. The van der Waals surface area contributed by atoms with Gasteiger partial charge in [0, 0.05) is 13.1 Å². The number of β-amino-alcohol motifs (C(OH)–C–C–N with tert-alkyl or cyclic N) is 2. The van der Waals surface area contributed by atoms with E-state index in [9.17, 15) is 19.8 Å². The number of aliphatic hydroxyl groups excluding tert-OH is 2. The first-order valence-corrected chi connectivity index (χ1v) is 6.38. The molecule has 1 saturated carbocycles. The predicted molar refractivity (Wildman–Crippen MR) is 61.7 cm³/mol. The van der Waals surface area contributed by atoms with Crippen molar-refractivity contribution in [3.05, 3.63) is 0 Å². The van der Waals surface area contributed by atoms with Crippen molar-refractivity contribution < 1.29 is 24.9 Å². The van der Waals surface area contributed by atoms with E-state index in [1.807, 2.05) is 0 Å². The second kappa shape index (κ2) is 5.24. The third kappa shape index (κ3) is 2.49. The molecule has 2 fully saturated rings. The highest BCUT2D eigenvalue weighted by Gasteiger charge is 2.41. The molecule has 1 aliphatic carbocycles. The van der Waals surface area contributed by atoms with Crippen molar-refractivity contribution in [2.45, 2.75) is 37.9 Å². The Morgan fingerprint density at radius 3 is 1.94 bits per heavy atom. The SMILES string of the molecule is O=C(O)C1CCCCC1C(=O)N1CC(O)C(O)C1. The molecule has 4 unspecified atom stereocenters. The Morgan fingerprint density at radius 2 is 1.44 bits per heavy atom. The highest BCUT2D eigenvalue weighted by atomic mass is 16.4. The molecule has 0 radical (unpaired) electrons. The summed E-state index contributed by atoms with van der Waals surface area (Å²) >= 11 is 0. The number of aliphatic carboxylic acids is 1. The van der Waals surface area contributed by atoms with E-state index in [2.05, 4.69) is 0 Å². The average Bonchev–Trinajstić information content (AvgIpc) is 2.68. The fraction of sp³-hybridized carbons (Fsp3) is 0.833. The van der Waals surface area contributed by atoms with Gasteiger partial charge in [0.25, 0.3) is 0 Å². The van der Waals surface area contributed by atoms with Crippen molar-refractivity contribution in [3.63, 3.8) is 0 Å². The van der Waals surface area contributed by atoms with Crippen molar-refractivity contribution in [1.82, 2.24) is 4.90 Å². The third-order valence-corrected chi connectivity index (χ3v) is 3.97. The summed E-state index contributed by atoms with van der Waals surface area (Å²) in [6.45, 7) is 0.200. The van der Waals surface area contributed by atoms with Gasteiger partial charge in [0.1, 0.15) is 0 Å². The third-order valence-electron chi connectivity index (χ3n) is 3.97. The normalized spacial score (nSPS) is 36.7. The lowest BCUT2D eigenvalue weighted by molar-refractivity contribution is -0.152. The summed E-state index contributed by atoms with van der Waals surface area (Å²) in [5.41, 5.74) is 0. The van der Waals surface area contributed by atoms with Crippen LogP contribution in [0.5, 0.6) is 0 Å². The maximum Gasteiger partial charge on any atom is 0.307 e. The van der Waals surface area contributed by atoms with Crippen LogP contribution in [-0.4, -0.2) is 57.4 Å². The number of rotatable bonds is 2. The van der Waals surface area contributed by atoms with Gasteiger partial charge in [-0.05, 0) is 12.8 Å². The summed E-state index contributed by atoms with van der Waals surface area (Å²) in [5.74, 6) is -2.29. The van der Waals surface area contributed by atoms with Crippen LogP contribution in [0.1, 0.15) is 25.7 Å². The molecule has 3 N–H and O–H groups in total. The van der Waals surface area contributed by atoms with E-state index in [4.69, 9.17) is 5.11 Å². The molecular formula is C12H19NO5. The lowest BCUT2D eigenvalue weighted by atomic mass is 9.78. The van der Waals surface area contributed by atoms with Gasteiger partial charge in [-0.2, -0.15) is 0 Å². The fourth-order valence-electron chi connectivity index (χ4n) is 2.91. The summed E-state index contributed by atoms with van der Waals surface area (Å²) in [6, 6.07) is 0. The van der Waals surface area contributed by atoms with Gasteiger partial charge in [-0.1, -0.05) is 12.8 Å². The Balaban J connectivity index is 2.05. The fourth-order valence-corrected chi connectivity index (χ4v) is 2.91. The number of carboxylic acid groups (broad SMARTS) is 1. The van der Waals surface area contributed by atoms with E-state index in [-0.39, 0.29) is 19.0 Å². The summed E-state index contributed by atoms with van der Waals surface area (Å²) < 4.78 is 0. The van der Waals surface area contributed by atoms with Crippen molar-refractivity contribution in [2.24, 2.45) is 11.8 Å². The molecule has 0 aromatic rings. The van der Waals surface area contributed by atoms with E-state index in [0.29, 0.717) is 12.8 Å². The summed E-state index contributed by atoms with van der Waals surface area (Å²) in [7, 11) is 0. The number of carboxylic acids is 1. The van der Waals surface area contributed by atoms with E-state index in [1.165, 1.54) is 4.90 Å². The lowest BCUT2D eigenvalue weighted by Gasteiger charge is -2.30. The molecule has 1 heterocycles. The molecule has 102 valence electrons. The Morgan fingerprint density at radius 1 is 0.944 bits per heavy atom. The molecule has 4 atom stereocenters. The molecule has 0 aromatic heterocycles. The molecule has 0 spiro atoms. The van der Waals surface area contributed by atoms with Gasteiger partial charge in [-0.15, -0.1) is 0 Å². The molecule has 18 heavy (non-hydrogen) atoms. The summed E-state index contributed by atoms with van der Waals surface area (Å²) in [4.78, 5) is 24.8. The van der Waals surface area contributed by atoms with Gasteiger partial charge in [0.05, 0.1) is 24.0 Å². The monoisotopic (exact) mass is 257 g/mol. The molecule has 1 aliphatic heterocycles. The first-order valence-electron chi connectivity index (χ1n) is 6.38. The Hall–Kier alpha value is -1.14. The van der Waals surface area contributed by atoms with Crippen LogP contribution in [0.4, 0.5) is 0 Å². The number of carbonyl (C=O) groups excluding carboxylic acids is 1. The van der Waals surface area contributed by atoms with Gasteiger partial charge in [0.15, 0.2) is 0 Å². The standard InChI is InChI=1S/C12H19NO5/c14-9-5-13(6-10(9)15)11(16)7-3-1-2-4-8(7)12(17)18/h7-10,14-15H,1-6H2,(H,17,18). The number of nitrogens with zero attached hydrogens (tertiary/aromatic N) is 1. The van der Waals surface area contributed by atoms with E-state index >= 15 is 0 Å². The molecule has 0 bridgehead atoms. The minimum absolute atomic E-state index is 0.100. The van der Waals surface area contributed by atoms with E-state index in [1.54, 1.807) is 0 Å². The molecule has 0 aromatic carbocycles. The van der Waals surface area contributed by atoms with Crippen molar-refractivity contribution >= 4 is 11.9 Å². The van der Waals surface area contributed by atoms with Crippen LogP contribution in [0.3, 0.4) is 0 Å². The summed E-state index contributed by atoms with van der Waals surface area (Å²) in [5, 5.41) is 28.0. The van der Waals surface area contributed by atoms with Gasteiger partial charge in [-0.25, -0.2) is 0 Å². The quantitative estimate of drug-likeness (QED) is 0.616. The van der Waals surface area contributed by atoms with Crippen LogP contribution in [0.2, 0.25) is 0 Å². The molecular weight excluding hydrogens is 238 g/mol. The number of amides is 1. The zero-order chi connectivity index (χ0) is 13.3. The van der Waals surface area contributed by atoms with Crippen LogP contribution in [0.15, 0.2) is 0 Å². The average molecular weight is 257 g/mol. The van der Waals surface area contributed by atoms with E-state index in [0.717, 1.165) is 12.8 Å². The minimum atomic E-state index is -0.923. The zero-order valence-electron chi connectivity index (χ0n) is 10.2. The largest absolute Gasteiger partial charge is 0.481 e. The Labute approximate surface area is 105 Å². The molecule has 6 heteroatoms. The number of aliphatic hydroxyl groups is 2. The van der Waals surface area contributed by atoms with Gasteiger partial charge >= 0.3 is 5.97 Å². The number of carbonyl (C=O) groups is 2. The van der Waals surface area contributed by atoms with Crippen LogP contribution in [-0.2, 0) is 9.59 Å². The maximum atomic E-state index is 12.2. The van der Waals surface area contributed by atoms with E-state index < -0.39 is 30.0 Å². The molecule has 1 saturated heterocycles. The molecule has 2 rings (SSSR count). The highest BCUT2D eigenvalue weighted by Crippen LogP contribution is 2.32. The topological polar surface area (TPSA) is 98.1 Å². The first kappa shape index (κ1) is 13.3. The van der Waals surface area contributed by atoms with Crippen LogP contribution in [0.25, 0.3) is 0 Å². The second-order valence-corrected chi connectivity index (χ2v) is 5.21. The highest BCUT2D eigenvalue weighted by molar-refractivity contribution is 5.85. The zero-order valence-corrected chi connectivity index (χ0v) is 10.2. The number of hydrogen-bond acceptors (Lipinski definition) is 4. The molecule has 1 amide bonds. The Bertz CT molecular complexity index is 335. The maximum absolute atomic E-state index is 12.2. The number of hydrogen-bond donors (Lipinski definition) is 3. The summed E-state index contributed by atoms with van der Waals surface area (Å²) in [6.07, 6.45) is 0.982. The van der Waals surface area contributed by atoms with Crippen molar-refractivity contribution in [1.29, 1.82) is 0 Å². The van der Waals surface area contributed by atoms with Crippen LogP contribution < -0.4 is 0 Å². The van der Waals surface area contributed by atoms with Crippen LogP contribution >= 0.6 is 0 Å². The predicted octanol–water partition coefficient (Wildman–Crippen LogP) is -0.559. The minimum Gasteiger partial charge on any atom is -0.481 e. The van der Waals surface area contributed by atoms with Crippen molar-refractivity contribution in [3.8, 4) is 0 Å². The second-order valence-electron chi connectivity index (χ2n) is 5.21. The smallest absolute Gasteiger partial charge is 0.307 e. The van der Waals surface area contributed by atoms with Gasteiger partial charge in [0.2, 0.25) is 5.91 Å². The Kier molecular flexibility index (Phi) is 3.87. The lowest BCUT2D eigenvalue weighted by Crippen LogP contribution is -2.42. The van der Waals surface area contributed by atoms with Crippen LogP contribution in [0, 0.1) is 11.8 Å². The molecule has 2 aliphatic rings. The van der Waals surface area contributed by atoms with Crippen molar-refractivity contribution in [2.75, 3.05) is 13.1 Å².